The van der Waals surface area contributed by atoms with E-state index >= 15 is 0 Å². The summed E-state index contributed by atoms with van der Waals surface area (Å²) in [5.41, 5.74) is 1.74. The Balaban J connectivity index is 2.60. The van der Waals surface area contributed by atoms with E-state index in [1.807, 2.05) is 24.3 Å². The quantitative estimate of drug-likeness (QED) is 0.428. The molecule has 0 atom stereocenters. The van der Waals surface area contributed by atoms with Crippen molar-refractivity contribution < 1.29 is 9.90 Å². The number of aldehydes is 1. The maximum atomic E-state index is 10.5. The summed E-state index contributed by atoms with van der Waals surface area (Å²) in [6, 6.07) is 7.41. The molecule has 4 heteroatoms. The van der Waals surface area contributed by atoms with Crippen molar-refractivity contribution in [2.75, 3.05) is 0 Å². The Morgan fingerprint density at radius 3 is 2.86 bits per heavy atom. The lowest BCUT2D eigenvalue weighted by atomic mass is 10.3. The number of aliphatic hydroxyl groups is 1. The van der Waals surface area contributed by atoms with Crippen LogP contribution in [0.25, 0.3) is 16.6 Å². The number of allylic oxidation sites excluding steroid dienone is 1. The first-order valence-electron chi connectivity index (χ1n) is 4.10. The average Bonchev–Trinajstić information content (AvgIpc) is 2.63. The maximum absolute atomic E-state index is 10.5. The molecule has 0 amide bonds. The van der Waals surface area contributed by atoms with Crippen LogP contribution >= 0.6 is 0 Å². The van der Waals surface area contributed by atoms with Crippen LogP contribution < -0.4 is 0 Å². The van der Waals surface area contributed by atoms with Crippen LogP contribution in [0.2, 0.25) is 0 Å². The van der Waals surface area contributed by atoms with E-state index in [2.05, 4.69) is 9.97 Å². The van der Waals surface area contributed by atoms with Crippen LogP contribution in [0.15, 0.2) is 30.5 Å². The van der Waals surface area contributed by atoms with E-state index < -0.39 is 0 Å². The van der Waals surface area contributed by atoms with Crippen LogP contribution in [0.5, 0.6) is 0 Å². The molecule has 70 valence electrons. The lowest BCUT2D eigenvalue weighted by Crippen LogP contribution is -1.87. The Labute approximate surface area is 79.9 Å². The topological polar surface area (TPSA) is 66.0 Å². The van der Waals surface area contributed by atoms with Crippen molar-refractivity contribution in [2.24, 2.45) is 0 Å². The summed E-state index contributed by atoms with van der Waals surface area (Å²) in [6.45, 7) is 0. The molecule has 1 aromatic heterocycles. The number of benzene rings is 1. The number of nitrogens with zero attached hydrogens (tertiary/aromatic N) is 1. The number of hydrogen-bond acceptors (Lipinski definition) is 3. The predicted octanol–water partition coefficient (Wildman–Crippen LogP) is 1.66. The van der Waals surface area contributed by atoms with Gasteiger partial charge in [-0.1, -0.05) is 12.1 Å². The summed E-state index contributed by atoms with van der Waals surface area (Å²) in [4.78, 5) is 17.6. The van der Waals surface area contributed by atoms with Gasteiger partial charge in [-0.2, -0.15) is 0 Å². The van der Waals surface area contributed by atoms with Crippen molar-refractivity contribution in [3.05, 3.63) is 36.4 Å². The number of fused-ring (bicyclic) bond motifs is 1. The van der Waals surface area contributed by atoms with Gasteiger partial charge in [0, 0.05) is 0 Å². The molecule has 1 aromatic carbocycles. The number of carbonyl (C=O) groups excluding carboxylic acids is 1. The van der Waals surface area contributed by atoms with E-state index in [0.29, 0.717) is 12.1 Å². The molecule has 2 N–H and O–H groups in total. The minimum Gasteiger partial charge on any atom is -0.515 e. The van der Waals surface area contributed by atoms with Crippen LogP contribution in [0.3, 0.4) is 0 Å². The smallest absolute Gasteiger partial charge is 0.156 e. The van der Waals surface area contributed by atoms with Gasteiger partial charge in [0.2, 0.25) is 0 Å². The summed E-state index contributed by atoms with van der Waals surface area (Å²) in [5.74, 6) is 0.378. The van der Waals surface area contributed by atoms with Crippen LogP contribution in [-0.4, -0.2) is 21.4 Å². The standard InChI is InChI=1S/C10H8N2O2/c13-5-7(6-14)10-11-8-3-1-2-4-9(8)12-10/h1-6,13H,(H,11,12)/b7-5-. The summed E-state index contributed by atoms with van der Waals surface area (Å²) >= 11 is 0. The molecule has 0 unspecified atom stereocenters. The van der Waals surface area contributed by atoms with Gasteiger partial charge in [0.1, 0.15) is 5.82 Å². The minimum absolute atomic E-state index is 0.140. The monoisotopic (exact) mass is 188 g/mol. The van der Waals surface area contributed by atoms with Crippen molar-refractivity contribution in [1.82, 2.24) is 9.97 Å². The molecule has 0 bridgehead atoms. The molecular formula is C10H8N2O2. The molecule has 1 heterocycles. The number of carbonyl (C=O) groups is 1. The van der Waals surface area contributed by atoms with E-state index in [0.717, 1.165) is 17.3 Å². The number of H-pyrrole nitrogens is 1. The van der Waals surface area contributed by atoms with Gasteiger partial charge >= 0.3 is 0 Å². The van der Waals surface area contributed by atoms with Crippen molar-refractivity contribution in [3.63, 3.8) is 0 Å². The van der Waals surface area contributed by atoms with Crippen molar-refractivity contribution in [3.8, 4) is 0 Å². The number of aliphatic hydroxyl groups excluding tert-OH is 1. The third kappa shape index (κ3) is 1.26. The lowest BCUT2D eigenvalue weighted by Gasteiger charge is -1.88. The van der Waals surface area contributed by atoms with Gasteiger partial charge in [0.15, 0.2) is 6.29 Å². The summed E-state index contributed by atoms with van der Waals surface area (Å²) in [7, 11) is 0. The van der Waals surface area contributed by atoms with Gasteiger partial charge in [0.25, 0.3) is 0 Å². The highest BCUT2D eigenvalue weighted by molar-refractivity contribution is 6.05. The molecule has 0 saturated carbocycles. The predicted molar refractivity (Wildman–Crippen MR) is 52.8 cm³/mol. The third-order valence-corrected chi connectivity index (χ3v) is 1.93. The van der Waals surface area contributed by atoms with E-state index in [4.69, 9.17) is 5.11 Å². The lowest BCUT2D eigenvalue weighted by molar-refractivity contribution is -0.103. The number of nitrogens with one attached hydrogen (secondary N) is 1. The molecule has 2 rings (SSSR count). The van der Waals surface area contributed by atoms with E-state index in [1.165, 1.54) is 0 Å². The zero-order valence-corrected chi connectivity index (χ0v) is 7.27. The molecular weight excluding hydrogens is 180 g/mol. The highest BCUT2D eigenvalue weighted by Gasteiger charge is 2.06. The van der Waals surface area contributed by atoms with E-state index in [1.54, 1.807) is 0 Å². The molecule has 0 aliphatic heterocycles. The number of hydrogen-bond donors (Lipinski definition) is 2. The fourth-order valence-corrected chi connectivity index (χ4v) is 1.24. The fourth-order valence-electron chi connectivity index (χ4n) is 1.24. The second-order valence-corrected chi connectivity index (χ2v) is 2.80. The van der Waals surface area contributed by atoms with Gasteiger partial charge in [-0.3, -0.25) is 4.79 Å². The van der Waals surface area contributed by atoms with Crippen molar-refractivity contribution in [1.29, 1.82) is 0 Å². The first-order chi connectivity index (χ1) is 6.85. The van der Waals surface area contributed by atoms with Gasteiger partial charge < -0.3 is 10.1 Å². The van der Waals surface area contributed by atoms with Gasteiger partial charge in [-0.15, -0.1) is 0 Å². The summed E-state index contributed by atoms with van der Waals surface area (Å²) in [6.07, 6.45) is 1.29. The second kappa shape index (κ2) is 3.33. The molecule has 4 nitrogen and oxygen atoms in total. The number of imidazole rings is 1. The van der Waals surface area contributed by atoms with Crippen molar-refractivity contribution in [2.45, 2.75) is 0 Å². The Morgan fingerprint density at radius 1 is 1.43 bits per heavy atom. The first kappa shape index (κ1) is 8.50. The maximum Gasteiger partial charge on any atom is 0.156 e. The normalized spacial score (nSPS) is 11.9. The number of rotatable bonds is 2. The highest BCUT2D eigenvalue weighted by atomic mass is 16.2. The zero-order valence-electron chi connectivity index (χ0n) is 7.27. The molecule has 0 fully saturated rings. The molecule has 0 aliphatic carbocycles. The Kier molecular flexibility index (Phi) is 2.02. The second-order valence-electron chi connectivity index (χ2n) is 2.80. The van der Waals surface area contributed by atoms with Crippen LogP contribution in [0, 0.1) is 0 Å². The van der Waals surface area contributed by atoms with Gasteiger partial charge in [0.05, 0.1) is 22.9 Å². The van der Waals surface area contributed by atoms with Crippen molar-refractivity contribution >= 4 is 22.9 Å². The minimum atomic E-state index is 0.140. The summed E-state index contributed by atoms with van der Waals surface area (Å²) in [5, 5.41) is 8.75. The SMILES string of the molecule is O=C/C(=C/O)c1nc2ccccc2[nH]1. The van der Waals surface area contributed by atoms with E-state index in [-0.39, 0.29) is 5.57 Å². The fraction of sp³-hybridized carbons (Fsp3) is 0. The number of aromatic amines is 1. The van der Waals surface area contributed by atoms with Gasteiger partial charge in [-0.05, 0) is 12.1 Å². The van der Waals surface area contributed by atoms with Crippen LogP contribution in [-0.2, 0) is 4.79 Å². The Morgan fingerprint density at radius 2 is 2.21 bits per heavy atom. The highest BCUT2D eigenvalue weighted by Crippen LogP contribution is 2.14. The molecule has 0 aliphatic rings. The summed E-state index contributed by atoms with van der Waals surface area (Å²) < 4.78 is 0. The molecule has 0 radical (unpaired) electrons. The molecule has 14 heavy (non-hydrogen) atoms. The zero-order chi connectivity index (χ0) is 9.97. The van der Waals surface area contributed by atoms with E-state index in [9.17, 15) is 4.79 Å². The van der Waals surface area contributed by atoms with Gasteiger partial charge in [-0.25, -0.2) is 4.98 Å². The average molecular weight is 188 g/mol. The molecule has 0 saturated heterocycles. The number of para-hydroxylation sites is 2. The number of aromatic nitrogens is 2. The first-order valence-corrected chi connectivity index (χ1v) is 4.10. The Bertz CT molecular complexity index is 467. The molecule has 2 aromatic rings. The Hall–Kier alpha value is -2.10. The van der Waals surface area contributed by atoms with Crippen LogP contribution in [0.4, 0.5) is 0 Å². The molecule has 0 spiro atoms. The van der Waals surface area contributed by atoms with Crippen LogP contribution in [0.1, 0.15) is 5.82 Å². The largest absolute Gasteiger partial charge is 0.515 e. The third-order valence-electron chi connectivity index (χ3n) is 1.93.